The van der Waals surface area contributed by atoms with E-state index in [4.69, 9.17) is 9.84 Å². The van der Waals surface area contributed by atoms with E-state index < -0.39 is 35.5 Å². The number of amides is 1. The highest BCUT2D eigenvalue weighted by Gasteiger charge is 2.22. The maximum Gasteiger partial charge on any atom is 0.339 e. The smallest absolute Gasteiger partial charge is 0.339 e. The van der Waals surface area contributed by atoms with Crippen LogP contribution >= 0.6 is 0 Å². The van der Waals surface area contributed by atoms with Crippen LogP contribution in [0, 0.1) is 10.1 Å². The lowest BCUT2D eigenvalue weighted by atomic mass is 10.2. The van der Waals surface area contributed by atoms with Crippen molar-refractivity contribution in [2.45, 2.75) is 6.43 Å². The Morgan fingerprint density at radius 2 is 2.12 bits per heavy atom. The topological polar surface area (TPSA) is 137 Å². The molecule has 0 saturated heterocycles. The molecule has 0 atom stereocenters. The van der Waals surface area contributed by atoms with Gasteiger partial charge in [-0.05, 0) is 0 Å². The molecule has 138 valence electrons. The number of nitrogens with zero attached hydrogens (tertiary/aromatic N) is 3. The van der Waals surface area contributed by atoms with Gasteiger partial charge in [-0.25, -0.2) is 13.6 Å². The molecule has 1 aromatic heterocycles. The van der Waals surface area contributed by atoms with Crippen LogP contribution in [-0.2, 0) is 7.05 Å². The zero-order valence-electron chi connectivity index (χ0n) is 13.2. The number of ether oxygens (including phenoxy) is 1. The highest BCUT2D eigenvalue weighted by atomic mass is 19.3. The predicted octanol–water partition coefficient (Wildman–Crippen LogP) is 1.92. The molecule has 0 aliphatic rings. The summed E-state index contributed by atoms with van der Waals surface area (Å²) in [7, 11) is 1.34. The molecule has 0 bridgehead atoms. The van der Waals surface area contributed by atoms with E-state index in [-0.39, 0.29) is 22.7 Å². The molecule has 0 spiro atoms. The van der Waals surface area contributed by atoms with E-state index >= 15 is 0 Å². The van der Waals surface area contributed by atoms with Gasteiger partial charge in [0.15, 0.2) is 0 Å². The fourth-order valence-corrected chi connectivity index (χ4v) is 2.06. The lowest BCUT2D eigenvalue weighted by Crippen LogP contribution is -2.19. The van der Waals surface area contributed by atoms with Crippen LogP contribution in [0.2, 0.25) is 0 Å². The summed E-state index contributed by atoms with van der Waals surface area (Å²) in [5, 5.41) is 26.0. The lowest BCUT2D eigenvalue weighted by molar-refractivity contribution is -0.384. The Morgan fingerprint density at radius 1 is 1.42 bits per heavy atom. The van der Waals surface area contributed by atoms with Crippen molar-refractivity contribution in [2.24, 2.45) is 7.05 Å². The molecule has 1 aromatic carbocycles. The summed E-state index contributed by atoms with van der Waals surface area (Å²) in [6, 6.07) is 3.00. The van der Waals surface area contributed by atoms with E-state index in [0.29, 0.717) is 0 Å². The van der Waals surface area contributed by atoms with Crippen molar-refractivity contribution in [3.8, 4) is 5.75 Å². The van der Waals surface area contributed by atoms with E-state index in [1.54, 1.807) is 0 Å². The first-order valence-corrected chi connectivity index (χ1v) is 6.96. The fourth-order valence-electron chi connectivity index (χ4n) is 2.06. The molecule has 0 radical (unpaired) electrons. The van der Waals surface area contributed by atoms with Crippen LogP contribution < -0.4 is 10.1 Å². The average Bonchev–Trinajstić information content (AvgIpc) is 2.94. The molecular weight excluding hydrogens is 358 g/mol. The van der Waals surface area contributed by atoms with E-state index in [1.807, 2.05) is 0 Å². The van der Waals surface area contributed by atoms with E-state index in [0.717, 1.165) is 29.1 Å². The maximum absolute atomic E-state index is 12.3. The zero-order valence-corrected chi connectivity index (χ0v) is 13.2. The number of rotatable bonds is 7. The number of carbonyl (C=O) groups excluding carboxylic acids is 1. The van der Waals surface area contributed by atoms with E-state index in [1.165, 1.54) is 7.05 Å². The Morgan fingerprint density at radius 3 is 2.69 bits per heavy atom. The van der Waals surface area contributed by atoms with Crippen molar-refractivity contribution in [2.75, 3.05) is 11.9 Å². The Labute approximate surface area is 144 Å². The standard InChI is InChI=1S/C14H12F2N4O6/c1-19-12(10(5-17-19)14(22)23)13(21)18-7-2-8(20(24)25)4-9(3-7)26-6-11(15)16/h2-5,11H,6H2,1H3,(H,18,21)(H,22,23). The highest BCUT2D eigenvalue weighted by Crippen LogP contribution is 2.27. The second kappa shape index (κ2) is 7.55. The number of aryl methyl sites for hydroxylation is 1. The molecule has 0 aliphatic heterocycles. The Bertz CT molecular complexity index is 867. The number of non-ortho nitro benzene ring substituents is 1. The van der Waals surface area contributed by atoms with Crippen molar-refractivity contribution < 1.29 is 33.1 Å². The van der Waals surface area contributed by atoms with E-state index in [2.05, 4.69) is 10.4 Å². The highest BCUT2D eigenvalue weighted by molar-refractivity contribution is 6.09. The number of carboxylic acids is 1. The largest absolute Gasteiger partial charge is 0.487 e. The minimum atomic E-state index is -2.79. The first-order valence-electron chi connectivity index (χ1n) is 6.96. The molecule has 0 fully saturated rings. The summed E-state index contributed by atoms with van der Waals surface area (Å²) >= 11 is 0. The van der Waals surface area contributed by atoms with E-state index in [9.17, 15) is 28.5 Å². The zero-order chi connectivity index (χ0) is 19.4. The monoisotopic (exact) mass is 370 g/mol. The number of alkyl halides is 2. The number of halogens is 2. The third-order valence-electron chi connectivity index (χ3n) is 3.12. The summed E-state index contributed by atoms with van der Waals surface area (Å²) in [5.74, 6) is -2.54. The quantitative estimate of drug-likeness (QED) is 0.561. The maximum atomic E-state index is 12.3. The van der Waals surface area contributed by atoms with Crippen molar-refractivity contribution in [3.05, 3.63) is 45.8 Å². The minimum Gasteiger partial charge on any atom is -0.487 e. The van der Waals surface area contributed by atoms with Gasteiger partial charge in [-0.15, -0.1) is 0 Å². The Balaban J connectivity index is 2.33. The number of anilines is 1. The number of aromatic nitrogens is 2. The second-order valence-electron chi connectivity index (χ2n) is 4.96. The van der Waals surface area contributed by atoms with Crippen LogP contribution in [0.5, 0.6) is 5.75 Å². The summed E-state index contributed by atoms with van der Waals surface area (Å²) in [4.78, 5) is 33.6. The van der Waals surface area contributed by atoms with Gasteiger partial charge in [0.05, 0.1) is 22.9 Å². The predicted molar refractivity (Wildman–Crippen MR) is 82.7 cm³/mol. The number of aromatic carboxylic acids is 1. The van der Waals surface area contributed by atoms with Gasteiger partial charge in [-0.1, -0.05) is 0 Å². The van der Waals surface area contributed by atoms with Crippen LogP contribution in [0.25, 0.3) is 0 Å². The molecule has 2 N–H and O–H groups in total. The third-order valence-corrected chi connectivity index (χ3v) is 3.12. The lowest BCUT2D eigenvalue weighted by Gasteiger charge is -2.10. The number of nitro benzene ring substituents is 1. The third kappa shape index (κ3) is 4.28. The minimum absolute atomic E-state index is 0.133. The van der Waals surface area contributed by atoms with Crippen LogP contribution in [0.15, 0.2) is 24.4 Å². The van der Waals surface area contributed by atoms with Gasteiger partial charge in [0.1, 0.15) is 23.6 Å². The van der Waals surface area contributed by atoms with Gasteiger partial charge in [0.25, 0.3) is 18.0 Å². The average molecular weight is 370 g/mol. The number of nitrogens with one attached hydrogen (secondary N) is 1. The molecule has 1 amide bonds. The molecule has 2 rings (SSSR count). The molecule has 2 aromatic rings. The number of hydrogen-bond acceptors (Lipinski definition) is 6. The van der Waals surface area contributed by atoms with Crippen molar-refractivity contribution in [1.29, 1.82) is 0 Å². The number of carboxylic acid groups (broad SMARTS) is 1. The molecule has 0 saturated carbocycles. The number of carbonyl (C=O) groups is 2. The van der Waals surface area contributed by atoms with Gasteiger partial charge in [-0.2, -0.15) is 5.10 Å². The summed E-state index contributed by atoms with van der Waals surface area (Å²) in [6.07, 6.45) is -1.82. The van der Waals surface area contributed by atoms with Crippen molar-refractivity contribution in [3.63, 3.8) is 0 Å². The van der Waals surface area contributed by atoms with Crippen LogP contribution in [-0.4, -0.2) is 44.7 Å². The molecule has 26 heavy (non-hydrogen) atoms. The Kier molecular flexibility index (Phi) is 5.45. The first-order chi connectivity index (χ1) is 12.2. The van der Waals surface area contributed by atoms with Gasteiger partial charge in [0.2, 0.25) is 0 Å². The van der Waals surface area contributed by atoms with Crippen LogP contribution in [0.3, 0.4) is 0 Å². The second-order valence-corrected chi connectivity index (χ2v) is 4.96. The van der Waals surface area contributed by atoms with Crippen LogP contribution in [0.1, 0.15) is 20.8 Å². The molecule has 12 heteroatoms. The first kappa shape index (κ1) is 18.8. The fraction of sp³-hybridized carbons (Fsp3) is 0.214. The normalized spacial score (nSPS) is 10.6. The number of benzene rings is 1. The SMILES string of the molecule is Cn1ncc(C(=O)O)c1C(=O)Nc1cc(OCC(F)F)cc([N+](=O)[O-])c1. The van der Waals surface area contributed by atoms with Gasteiger partial charge < -0.3 is 15.2 Å². The molecule has 0 unspecified atom stereocenters. The molecule has 10 nitrogen and oxygen atoms in total. The number of hydrogen-bond donors (Lipinski definition) is 2. The molecule has 1 heterocycles. The van der Waals surface area contributed by atoms with Crippen molar-refractivity contribution in [1.82, 2.24) is 9.78 Å². The Hall–Kier alpha value is -3.57. The molecule has 0 aliphatic carbocycles. The summed E-state index contributed by atoms with van der Waals surface area (Å²) < 4.78 is 30.3. The van der Waals surface area contributed by atoms with Gasteiger partial charge in [0, 0.05) is 19.2 Å². The summed E-state index contributed by atoms with van der Waals surface area (Å²) in [5.41, 5.74) is -1.30. The van der Waals surface area contributed by atoms with Crippen LogP contribution in [0.4, 0.5) is 20.2 Å². The summed E-state index contributed by atoms with van der Waals surface area (Å²) in [6.45, 7) is -0.987. The van der Waals surface area contributed by atoms with Crippen molar-refractivity contribution >= 4 is 23.3 Å². The van der Waals surface area contributed by atoms with Gasteiger partial charge in [-0.3, -0.25) is 19.6 Å². The van der Waals surface area contributed by atoms with Gasteiger partial charge >= 0.3 is 5.97 Å². The number of nitro groups is 1. The molecular formula is C14H12F2N4O6.